The highest BCUT2D eigenvalue weighted by Gasteiger charge is 2.42. The SMILES string of the molecule is C[C@@H](NC(=O)COC(=O)c1n[nH]c2ccccc12)[C@@H]1C[C@H]2CC[C@H]1C2. The Bertz CT molecular complexity index is 800. The molecule has 25 heavy (non-hydrogen) atoms. The van der Waals surface area contributed by atoms with Crippen LogP contribution in [-0.2, 0) is 9.53 Å². The maximum absolute atomic E-state index is 12.2. The largest absolute Gasteiger partial charge is 0.451 e. The first-order valence-electron chi connectivity index (χ1n) is 9.01. The van der Waals surface area contributed by atoms with Crippen molar-refractivity contribution in [2.75, 3.05) is 6.61 Å². The van der Waals surface area contributed by atoms with Gasteiger partial charge in [0.25, 0.3) is 5.91 Å². The van der Waals surface area contributed by atoms with Gasteiger partial charge in [-0.2, -0.15) is 5.10 Å². The fourth-order valence-corrected chi connectivity index (χ4v) is 4.63. The van der Waals surface area contributed by atoms with Crippen LogP contribution < -0.4 is 5.32 Å². The first-order chi connectivity index (χ1) is 12.1. The first kappa shape index (κ1) is 16.1. The van der Waals surface area contributed by atoms with Gasteiger partial charge < -0.3 is 10.1 Å². The Morgan fingerprint density at radius 3 is 2.92 bits per heavy atom. The van der Waals surface area contributed by atoms with Crippen LogP contribution in [0.1, 0.15) is 43.1 Å². The second-order valence-electron chi connectivity index (χ2n) is 7.39. The van der Waals surface area contributed by atoms with Gasteiger partial charge in [-0.1, -0.05) is 24.6 Å². The molecule has 2 fully saturated rings. The van der Waals surface area contributed by atoms with Crippen molar-refractivity contribution in [2.45, 2.75) is 38.6 Å². The molecule has 2 aliphatic carbocycles. The lowest BCUT2D eigenvalue weighted by atomic mass is 9.84. The van der Waals surface area contributed by atoms with E-state index in [4.69, 9.17) is 4.74 Å². The number of aromatic nitrogens is 2. The summed E-state index contributed by atoms with van der Waals surface area (Å²) in [6, 6.07) is 7.46. The van der Waals surface area contributed by atoms with E-state index in [9.17, 15) is 9.59 Å². The number of nitrogens with one attached hydrogen (secondary N) is 2. The van der Waals surface area contributed by atoms with E-state index in [-0.39, 0.29) is 24.2 Å². The van der Waals surface area contributed by atoms with Crippen molar-refractivity contribution in [3.8, 4) is 0 Å². The molecule has 0 unspecified atom stereocenters. The van der Waals surface area contributed by atoms with E-state index in [1.807, 2.05) is 18.2 Å². The molecule has 2 aromatic rings. The molecule has 6 heteroatoms. The van der Waals surface area contributed by atoms with E-state index >= 15 is 0 Å². The highest BCUT2D eigenvalue weighted by atomic mass is 16.5. The molecule has 0 spiro atoms. The number of benzene rings is 1. The molecule has 0 aliphatic heterocycles. The number of nitrogens with zero attached hydrogens (tertiary/aromatic N) is 1. The molecular weight excluding hydrogens is 318 g/mol. The Hall–Kier alpha value is -2.37. The monoisotopic (exact) mass is 341 g/mol. The van der Waals surface area contributed by atoms with Crippen LogP contribution in [0.25, 0.3) is 10.9 Å². The number of esters is 1. The molecule has 132 valence electrons. The quantitative estimate of drug-likeness (QED) is 0.819. The van der Waals surface area contributed by atoms with Gasteiger partial charge in [0.05, 0.1) is 5.52 Å². The summed E-state index contributed by atoms with van der Waals surface area (Å²) < 4.78 is 5.15. The summed E-state index contributed by atoms with van der Waals surface area (Å²) in [5, 5.41) is 10.5. The molecule has 2 aliphatic rings. The van der Waals surface area contributed by atoms with E-state index in [1.54, 1.807) is 6.07 Å². The lowest BCUT2D eigenvalue weighted by molar-refractivity contribution is -0.125. The zero-order valence-electron chi connectivity index (χ0n) is 14.3. The molecule has 1 aromatic heterocycles. The minimum atomic E-state index is -0.583. The van der Waals surface area contributed by atoms with Crippen LogP contribution in [0.2, 0.25) is 0 Å². The number of hydrogen-bond donors (Lipinski definition) is 2. The fraction of sp³-hybridized carbons (Fsp3) is 0.526. The van der Waals surface area contributed by atoms with Crippen LogP contribution in [0.4, 0.5) is 0 Å². The maximum atomic E-state index is 12.2. The molecule has 4 atom stereocenters. The lowest BCUT2D eigenvalue weighted by Crippen LogP contribution is -2.42. The number of carbonyl (C=O) groups excluding carboxylic acids is 2. The predicted molar refractivity (Wildman–Crippen MR) is 92.9 cm³/mol. The highest BCUT2D eigenvalue weighted by Crippen LogP contribution is 2.49. The fourth-order valence-electron chi connectivity index (χ4n) is 4.63. The molecule has 4 rings (SSSR count). The second-order valence-corrected chi connectivity index (χ2v) is 7.39. The molecule has 2 N–H and O–H groups in total. The molecule has 1 aromatic carbocycles. The maximum Gasteiger partial charge on any atom is 0.359 e. The van der Waals surface area contributed by atoms with E-state index < -0.39 is 5.97 Å². The van der Waals surface area contributed by atoms with Gasteiger partial charge in [-0.3, -0.25) is 9.89 Å². The van der Waals surface area contributed by atoms with Crippen LogP contribution in [0.15, 0.2) is 24.3 Å². The van der Waals surface area contributed by atoms with Crippen LogP contribution in [-0.4, -0.2) is 34.7 Å². The third kappa shape index (κ3) is 3.13. The Kier molecular flexibility index (Phi) is 4.19. The Morgan fingerprint density at radius 2 is 2.16 bits per heavy atom. The van der Waals surface area contributed by atoms with Gasteiger partial charge in [-0.05, 0) is 50.0 Å². The van der Waals surface area contributed by atoms with E-state index in [2.05, 4.69) is 22.4 Å². The van der Waals surface area contributed by atoms with Crippen molar-refractivity contribution < 1.29 is 14.3 Å². The van der Waals surface area contributed by atoms with Gasteiger partial charge in [0.2, 0.25) is 0 Å². The van der Waals surface area contributed by atoms with Crippen molar-refractivity contribution >= 4 is 22.8 Å². The number of aromatic amines is 1. The summed E-state index contributed by atoms with van der Waals surface area (Å²) in [5.41, 5.74) is 0.980. The van der Waals surface area contributed by atoms with Crippen LogP contribution in [0, 0.1) is 17.8 Å². The van der Waals surface area contributed by atoms with Crippen LogP contribution >= 0.6 is 0 Å². The molecule has 0 radical (unpaired) electrons. The lowest BCUT2D eigenvalue weighted by Gasteiger charge is -2.28. The molecule has 1 heterocycles. The summed E-state index contributed by atoms with van der Waals surface area (Å²) in [5.74, 6) is 1.33. The molecule has 2 bridgehead atoms. The number of amides is 1. The molecule has 0 saturated heterocycles. The smallest absolute Gasteiger partial charge is 0.359 e. The summed E-state index contributed by atoms with van der Waals surface area (Å²) in [7, 11) is 0. The van der Waals surface area contributed by atoms with Crippen molar-refractivity contribution in [1.82, 2.24) is 15.5 Å². The van der Waals surface area contributed by atoms with Crippen LogP contribution in [0.3, 0.4) is 0 Å². The standard InChI is InChI=1S/C19H23N3O3/c1-11(15-9-12-6-7-13(15)8-12)20-17(23)10-25-19(24)18-14-4-2-3-5-16(14)21-22-18/h2-5,11-13,15H,6-10H2,1H3,(H,20,23)(H,21,22)/t11-,12+,13+,15+/m1/s1. The molecule has 1 amide bonds. The third-order valence-electron chi connectivity index (χ3n) is 5.82. The van der Waals surface area contributed by atoms with E-state index in [1.165, 1.54) is 25.7 Å². The van der Waals surface area contributed by atoms with Crippen molar-refractivity contribution in [1.29, 1.82) is 0 Å². The van der Waals surface area contributed by atoms with Gasteiger partial charge in [-0.25, -0.2) is 4.79 Å². The van der Waals surface area contributed by atoms with Crippen molar-refractivity contribution in [3.05, 3.63) is 30.0 Å². The number of H-pyrrole nitrogens is 1. The highest BCUT2D eigenvalue weighted by molar-refractivity contribution is 6.02. The molecule has 6 nitrogen and oxygen atoms in total. The van der Waals surface area contributed by atoms with Crippen LogP contribution in [0.5, 0.6) is 0 Å². The zero-order valence-corrected chi connectivity index (χ0v) is 14.3. The second kappa shape index (κ2) is 6.50. The number of hydrogen-bond acceptors (Lipinski definition) is 4. The average molecular weight is 341 g/mol. The summed E-state index contributed by atoms with van der Waals surface area (Å²) in [6.07, 6.45) is 5.16. The van der Waals surface area contributed by atoms with Crippen molar-refractivity contribution in [2.24, 2.45) is 17.8 Å². The Morgan fingerprint density at radius 1 is 1.32 bits per heavy atom. The van der Waals surface area contributed by atoms with Gasteiger partial charge in [0, 0.05) is 11.4 Å². The van der Waals surface area contributed by atoms with E-state index in [0.717, 1.165) is 17.4 Å². The molecule has 2 saturated carbocycles. The van der Waals surface area contributed by atoms with Gasteiger partial charge in [-0.15, -0.1) is 0 Å². The van der Waals surface area contributed by atoms with Crippen molar-refractivity contribution in [3.63, 3.8) is 0 Å². The minimum Gasteiger partial charge on any atom is -0.451 e. The average Bonchev–Trinajstić information content (AvgIpc) is 3.34. The number of carbonyl (C=O) groups is 2. The Balaban J connectivity index is 1.30. The third-order valence-corrected chi connectivity index (χ3v) is 5.82. The van der Waals surface area contributed by atoms with Gasteiger partial charge >= 0.3 is 5.97 Å². The topological polar surface area (TPSA) is 84.1 Å². The number of fused-ring (bicyclic) bond motifs is 3. The zero-order chi connectivity index (χ0) is 17.4. The normalized spacial score (nSPS) is 25.9. The summed E-state index contributed by atoms with van der Waals surface area (Å²) in [4.78, 5) is 24.3. The summed E-state index contributed by atoms with van der Waals surface area (Å²) in [6.45, 7) is 1.79. The number of ether oxygens (including phenoxy) is 1. The number of para-hydroxylation sites is 1. The predicted octanol–water partition coefficient (Wildman–Crippen LogP) is 2.66. The van der Waals surface area contributed by atoms with E-state index in [0.29, 0.717) is 11.3 Å². The molecular formula is C19H23N3O3. The number of rotatable bonds is 5. The summed E-state index contributed by atoms with van der Waals surface area (Å²) >= 11 is 0. The Labute approximate surface area is 146 Å². The van der Waals surface area contributed by atoms with Gasteiger partial charge in [0.15, 0.2) is 12.3 Å². The minimum absolute atomic E-state index is 0.132. The first-order valence-corrected chi connectivity index (χ1v) is 9.01. The van der Waals surface area contributed by atoms with Gasteiger partial charge in [0.1, 0.15) is 0 Å².